The lowest BCUT2D eigenvalue weighted by Gasteiger charge is -2.26. The van der Waals surface area contributed by atoms with Gasteiger partial charge < -0.3 is 21.7 Å². The number of aliphatic hydroxyl groups excluding tert-OH is 2. The summed E-state index contributed by atoms with van der Waals surface area (Å²) in [4.78, 5) is 0. The third kappa shape index (κ3) is 2.15. The summed E-state index contributed by atoms with van der Waals surface area (Å²) >= 11 is 0. The molecule has 6 nitrogen and oxygen atoms in total. The smallest absolute Gasteiger partial charge is 0.110 e. The first kappa shape index (κ1) is 13.2. The first-order chi connectivity index (χ1) is 7.50. The van der Waals surface area contributed by atoms with Crippen LogP contribution in [0.3, 0.4) is 0 Å². The van der Waals surface area contributed by atoms with Gasteiger partial charge in [0.05, 0.1) is 11.8 Å². The van der Waals surface area contributed by atoms with Crippen LogP contribution in [0.4, 0.5) is 0 Å². The van der Waals surface area contributed by atoms with Gasteiger partial charge in [0.2, 0.25) is 0 Å². The summed E-state index contributed by atoms with van der Waals surface area (Å²) in [6.07, 6.45) is -1.05. The van der Waals surface area contributed by atoms with Crippen LogP contribution in [-0.4, -0.2) is 41.0 Å². The molecule has 0 fully saturated rings. The molecule has 0 radical (unpaired) electrons. The van der Waals surface area contributed by atoms with Crippen LogP contribution in [0.1, 0.15) is 20.3 Å². The quantitative estimate of drug-likeness (QED) is 0.508. The molecule has 1 heterocycles. The van der Waals surface area contributed by atoms with Crippen LogP contribution >= 0.6 is 0 Å². The van der Waals surface area contributed by atoms with Gasteiger partial charge in [-0.3, -0.25) is 0 Å². The van der Waals surface area contributed by atoms with Crippen molar-refractivity contribution >= 4 is 0 Å². The topological polar surface area (TPSA) is 117 Å². The molecule has 92 valence electrons. The molecule has 1 rings (SSSR count). The van der Waals surface area contributed by atoms with Crippen molar-refractivity contribution in [2.45, 2.75) is 38.0 Å². The highest BCUT2D eigenvalue weighted by Crippen LogP contribution is 2.37. The Morgan fingerprint density at radius 1 is 1.25 bits per heavy atom. The third-order valence-electron chi connectivity index (χ3n) is 3.02. The lowest BCUT2D eigenvalue weighted by molar-refractivity contribution is 0.187. The van der Waals surface area contributed by atoms with E-state index in [2.05, 4.69) is 10.2 Å². The fraction of sp³-hybridized carbons (Fsp3) is 0.800. The molecule has 0 aromatic heterocycles. The van der Waals surface area contributed by atoms with Gasteiger partial charge in [-0.25, -0.2) is 0 Å². The first-order valence-electron chi connectivity index (χ1n) is 5.43. The fourth-order valence-corrected chi connectivity index (χ4v) is 1.81. The monoisotopic (exact) mass is 228 g/mol. The standard InChI is InChI=1S/C10H20N4O2/c1-3-10(2)8(6(15)4-11)9(13-14-10)7(16)5-12/h6-7,15-16H,3-5,11-12H2,1-2H3. The molecular weight excluding hydrogens is 208 g/mol. The van der Waals surface area contributed by atoms with E-state index in [1.54, 1.807) is 0 Å². The molecule has 3 atom stereocenters. The molecule has 16 heavy (non-hydrogen) atoms. The minimum atomic E-state index is -0.895. The number of hydrogen-bond acceptors (Lipinski definition) is 6. The lowest BCUT2D eigenvalue weighted by Crippen LogP contribution is -2.36. The normalized spacial score (nSPS) is 28.6. The Kier molecular flexibility index (Phi) is 4.15. The number of nitrogens with two attached hydrogens (primary N) is 2. The van der Waals surface area contributed by atoms with E-state index in [9.17, 15) is 10.2 Å². The van der Waals surface area contributed by atoms with Crippen LogP contribution in [0.25, 0.3) is 0 Å². The Labute approximate surface area is 95.0 Å². The Morgan fingerprint density at radius 2 is 1.81 bits per heavy atom. The summed E-state index contributed by atoms with van der Waals surface area (Å²) in [6.45, 7) is 3.94. The SMILES string of the molecule is CCC1(C)N=NC(C(O)CN)=C1C(O)CN. The van der Waals surface area contributed by atoms with Crippen LogP contribution < -0.4 is 11.5 Å². The van der Waals surface area contributed by atoms with Gasteiger partial charge in [0.25, 0.3) is 0 Å². The maximum absolute atomic E-state index is 9.88. The molecule has 0 bridgehead atoms. The highest BCUT2D eigenvalue weighted by molar-refractivity contribution is 5.34. The molecule has 1 aliphatic rings. The molecule has 3 unspecified atom stereocenters. The van der Waals surface area contributed by atoms with E-state index in [1.165, 1.54) is 0 Å². The summed E-state index contributed by atoms with van der Waals surface area (Å²) in [5, 5.41) is 27.6. The summed E-state index contributed by atoms with van der Waals surface area (Å²) in [7, 11) is 0. The van der Waals surface area contributed by atoms with Gasteiger partial charge in [-0.05, 0) is 13.3 Å². The van der Waals surface area contributed by atoms with Crippen molar-refractivity contribution in [2.75, 3.05) is 13.1 Å². The van der Waals surface area contributed by atoms with E-state index < -0.39 is 17.7 Å². The van der Waals surface area contributed by atoms with Gasteiger partial charge in [-0.1, -0.05) is 6.92 Å². The predicted molar refractivity (Wildman–Crippen MR) is 60.7 cm³/mol. The van der Waals surface area contributed by atoms with Crippen LogP contribution in [-0.2, 0) is 0 Å². The number of hydrogen-bond donors (Lipinski definition) is 4. The van der Waals surface area contributed by atoms with E-state index in [-0.39, 0.29) is 13.1 Å². The molecule has 0 saturated heterocycles. The summed E-state index contributed by atoms with van der Waals surface area (Å²) in [5.41, 5.74) is 11.2. The minimum Gasteiger partial charge on any atom is -0.387 e. The lowest BCUT2D eigenvalue weighted by atomic mass is 9.84. The van der Waals surface area contributed by atoms with E-state index >= 15 is 0 Å². The number of nitrogens with zero attached hydrogens (tertiary/aromatic N) is 2. The molecular formula is C10H20N4O2. The first-order valence-corrected chi connectivity index (χ1v) is 5.43. The molecule has 0 amide bonds. The maximum Gasteiger partial charge on any atom is 0.110 e. The van der Waals surface area contributed by atoms with Crippen molar-refractivity contribution in [3.63, 3.8) is 0 Å². The van der Waals surface area contributed by atoms with Crippen molar-refractivity contribution in [1.29, 1.82) is 0 Å². The Morgan fingerprint density at radius 3 is 2.25 bits per heavy atom. The Bertz CT molecular complexity index is 316. The largest absolute Gasteiger partial charge is 0.387 e. The molecule has 6 N–H and O–H groups in total. The van der Waals surface area contributed by atoms with Crippen LogP contribution in [0, 0.1) is 0 Å². The van der Waals surface area contributed by atoms with Crippen LogP contribution in [0.5, 0.6) is 0 Å². The van der Waals surface area contributed by atoms with Crippen LogP contribution in [0.2, 0.25) is 0 Å². The average Bonchev–Trinajstić information content (AvgIpc) is 2.66. The van der Waals surface area contributed by atoms with Crippen molar-refractivity contribution < 1.29 is 10.2 Å². The van der Waals surface area contributed by atoms with Gasteiger partial charge >= 0.3 is 0 Å². The molecule has 6 heteroatoms. The van der Waals surface area contributed by atoms with Gasteiger partial charge in [-0.2, -0.15) is 10.2 Å². The van der Waals surface area contributed by atoms with Crippen molar-refractivity contribution in [3.05, 3.63) is 11.3 Å². The summed E-state index contributed by atoms with van der Waals surface area (Å²) in [6, 6.07) is 0. The molecule has 0 aliphatic carbocycles. The van der Waals surface area contributed by atoms with Crippen LogP contribution in [0.15, 0.2) is 21.5 Å². The fourth-order valence-electron chi connectivity index (χ4n) is 1.81. The second kappa shape index (κ2) is 5.01. The zero-order chi connectivity index (χ0) is 12.3. The summed E-state index contributed by atoms with van der Waals surface area (Å²) < 4.78 is 0. The number of aliphatic hydroxyl groups is 2. The number of azo groups is 1. The Balaban J connectivity index is 3.15. The maximum atomic E-state index is 9.88. The third-order valence-corrected chi connectivity index (χ3v) is 3.02. The molecule has 0 spiro atoms. The molecule has 0 aromatic carbocycles. The van der Waals surface area contributed by atoms with Crippen molar-refractivity contribution in [3.8, 4) is 0 Å². The van der Waals surface area contributed by atoms with Gasteiger partial charge in [0.15, 0.2) is 0 Å². The minimum absolute atomic E-state index is 0.0505. The average molecular weight is 228 g/mol. The number of rotatable bonds is 5. The zero-order valence-corrected chi connectivity index (χ0v) is 9.72. The molecule has 0 aromatic rings. The van der Waals surface area contributed by atoms with Gasteiger partial charge in [-0.15, -0.1) is 0 Å². The summed E-state index contributed by atoms with van der Waals surface area (Å²) in [5.74, 6) is 0. The Hall–Kier alpha value is -0.820. The highest BCUT2D eigenvalue weighted by atomic mass is 16.3. The van der Waals surface area contributed by atoms with E-state index in [0.717, 1.165) is 0 Å². The highest BCUT2D eigenvalue weighted by Gasteiger charge is 2.39. The van der Waals surface area contributed by atoms with Crippen molar-refractivity contribution in [1.82, 2.24) is 0 Å². The molecule has 1 aliphatic heterocycles. The van der Waals surface area contributed by atoms with E-state index in [4.69, 9.17) is 11.5 Å². The zero-order valence-electron chi connectivity index (χ0n) is 9.72. The van der Waals surface area contributed by atoms with Crippen molar-refractivity contribution in [2.24, 2.45) is 21.7 Å². The van der Waals surface area contributed by atoms with E-state index in [1.807, 2.05) is 13.8 Å². The molecule has 0 saturated carbocycles. The van der Waals surface area contributed by atoms with E-state index in [0.29, 0.717) is 17.7 Å². The van der Waals surface area contributed by atoms with Gasteiger partial charge in [0, 0.05) is 18.7 Å². The predicted octanol–water partition coefficient (Wildman–Crippen LogP) is -0.486. The second-order valence-corrected chi connectivity index (χ2v) is 4.13. The van der Waals surface area contributed by atoms with Gasteiger partial charge in [0.1, 0.15) is 11.6 Å². The second-order valence-electron chi connectivity index (χ2n) is 4.13.